The van der Waals surface area contributed by atoms with Gasteiger partial charge in [0.15, 0.2) is 0 Å². The standard InChI is InChI=1S/C15H23NO2/c1-11-8-6-7-9-12(11)14(2,3)10-16-15(4,5)13(17)18/h6-9,16H,10H2,1-5H3,(H,17,18). The molecule has 0 bridgehead atoms. The van der Waals surface area contributed by atoms with E-state index in [0.717, 1.165) is 0 Å². The smallest absolute Gasteiger partial charge is 0.323 e. The van der Waals surface area contributed by atoms with E-state index in [1.165, 1.54) is 11.1 Å². The van der Waals surface area contributed by atoms with Crippen LogP contribution in [0, 0.1) is 6.92 Å². The molecule has 2 N–H and O–H groups in total. The molecule has 18 heavy (non-hydrogen) atoms. The van der Waals surface area contributed by atoms with Gasteiger partial charge in [-0.3, -0.25) is 4.79 Å². The minimum absolute atomic E-state index is 0.0991. The van der Waals surface area contributed by atoms with E-state index in [-0.39, 0.29) is 5.41 Å². The summed E-state index contributed by atoms with van der Waals surface area (Å²) in [5, 5.41) is 12.2. The number of hydrogen-bond donors (Lipinski definition) is 2. The Morgan fingerprint density at radius 3 is 2.28 bits per heavy atom. The monoisotopic (exact) mass is 249 g/mol. The zero-order valence-electron chi connectivity index (χ0n) is 11.9. The quantitative estimate of drug-likeness (QED) is 0.843. The van der Waals surface area contributed by atoms with Crippen molar-refractivity contribution in [1.29, 1.82) is 0 Å². The van der Waals surface area contributed by atoms with Gasteiger partial charge in [-0.2, -0.15) is 0 Å². The molecule has 0 atom stereocenters. The van der Waals surface area contributed by atoms with Gasteiger partial charge in [-0.1, -0.05) is 38.1 Å². The normalized spacial score (nSPS) is 12.5. The second kappa shape index (κ2) is 5.11. The number of rotatable bonds is 5. The Hall–Kier alpha value is -1.35. The molecule has 0 fully saturated rings. The number of aliphatic carboxylic acids is 1. The fourth-order valence-electron chi connectivity index (χ4n) is 1.95. The van der Waals surface area contributed by atoms with Gasteiger partial charge in [-0.25, -0.2) is 0 Å². The van der Waals surface area contributed by atoms with Crippen molar-refractivity contribution < 1.29 is 9.90 Å². The molecule has 0 aromatic heterocycles. The van der Waals surface area contributed by atoms with Crippen molar-refractivity contribution in [3.05, 3.63) is 35.4 Å². The molecular formula is C15H23NO2. The Labute approximate surface area is 109 Å². The Balaban J connectivity index is 2.84. The molecule has 0 unspecified atom stereocenters. The molecular weight excluding hydrogens is 226 g/mol. The first-order chi connectivity index (χ1) is 8.17. The topological polar surface area (TPSA) is 49.3 Å². The lowest BCUT2D eigenvalue weighted by Gasteiger charge is -2.31. The SMILES string of the molecule is Cc1ccccc1C(C)(C)CNC(C)(C)C(=O)O. The van der Waals surface area contributed by atoms with Crippen molar-refractivity contribution in [1.82, 2.24) is 5.32 Å². The summed E-state index contributed by atoms with van der Waals surface area (Å²) in [6.45, 7) is 10.3. The van der Waals surface area contributed by atoms with Crippen LogP contribution in [0.2, 0.25) is 0 Å². The lowest BCUT2D eigenvalue weighted by atomic mass is 9.81. The van der Waals surface area contributed by atoms with Gasteiger partial charge < -0.3 is 10.4 Å². The second-order valence-electron chi connectivity index (χ2n) is 5.98. The van der Waals surface area contributed by atoms with Gasteiger partial charge in [0.2, 0.25) is 0 Å². The van der Waals surface area contributed by atoms with E-state index in [4.69, 9.17) is 5.11 Å². The van der Waals surface area contributed by atoms with Gasteiger partial charge in [-0.05, 0) is 31.9 Å². The molecule has 0 aliphatic heterocycles. The van der Waals surface area contributed by atoms with Crippen molar-refractivity contribution in [2.75, 3.05) is 6.54 Å². The summed E-state index contributed by atoms with van der Waals surface area (Å²) in [5.74, 6) is -0.830. The summed E-state index contributed by atoms with van der Waals surface area (Å²) in [5.41, 5.74) is 1.48. The molecule has 3 nitrogen and oxygen atoms in total. The molecule has 1 aromatic rings. The molecule has 1 aromatic carbocycles. The van der Waals surface area contributed by atoms with Crippen LogP contribution < -0.4 is 5.32 Å². The van der Waals surface area contributed by atoms with Gasteiger partial charge in [0, 0.05) is 12.0 Å². The largest absolute Gasteiger partial charge is 0.480 e. The number of aryl methyl sites for hydroxylation is 1. The predicted octanol–water partition coefficient (Wildman–Crippen LogP) is 2.73. The van der Waals surface area contributed by atoms with E-state index in [1.54, 1.807) is 13.8 Å². The molecule has 0 radical (unpaired) electrons. The van der Waals surface area contributed by atoms with Crippen LogP contribution in [-0.2, 0) is 10.2 Å². The Morgan fingerprint density at radius 1 is 1.22 bits per heavy atom. The first-order valence-corrected chi connectivity index (χ1v) is 6.21. The summed E-state index contributed by atoms with van der Waals surface area (Å²) in [7, 11) is 0. The minimum Gasteiger partial charge on any atom is -0.480 e. The fourth-order valence-corrected chi connectivity index (χ4v) is 1.95. The first kappa shape index (κ1) is 14.7. The number of carbonyl (C=O) groups is 1. The van der Waals surface area contributed by atoms with Crippen LogP contribution in [0.3, 0.4) is 0 Å². The summed E-state index contributed by atoms with van der Waals surface area (Å²) in [6, 6.07) is 8.22. The highest BCUT2D eigenvalue weighted by molar-refractivity contribution is 5.77. The van der Waals surface area contributed by atoms with E-state index in [9.17, 15) is 4.79 Å². The van der Waals surface area contributed by atoms with E-state index < -0.39 is 11.5 Å². The van der Waals surface area contributed by atoms with Crippen molar-refractivity contribution in [2.24, 2.45) is 0 Å². The maximum Gasteiger partial charge on any atom is 0.323 e. The molecule has 0 saturated carbocycles. The van der Waals surface area contributed by atoms with Crippen molar-refractivity contribution in [2.45, 2.75) is 45.6 Å². The van der Waals surface area contributed by atoms with Crippen molar-refractivity contribution in [3.63, 3.8) is 0 Å². The van der Waals surface area contributed by atoms with E-state index in [2.05, 4.69) is 38.2 Å². The third-order valence-corrected chi connectivity index (χ3v) is 3.38. The van der Waals surface area contributed by atoms with Gasteiger partial charge in [0.1, 0.15) is 5.54 Å². The van der Waals surface area contributed by atoms with E-state index >= 15 is 0 Å². The van der Waals surface area contributed by atoms with Crippen LogP contribution in [0.4, 0.5) is 0 Å². The van der Waals surface area contributed by atoms with Gasteiger partial charge in [-0.15, -0.1) is 0 Å². The van der Waals surface area contributed by atoms with Gasteiger partial charge >= 0.3 is 5.97 Å². The Morgan fingerprint density at radius 2 is 1.78 bits per heavy atom. The highest BCUT2D eigenvalue weighted by atomic mass is 16.4. The minimum atomic E-state index is -0.903. The summed E-state index contributed by atoms with van der Waals surface area (Å²) in [6.07, 6.45) is 0. The molecule has 0 aliphatic rings. The number of benzene rings is 1. The maximum absolute atomic E-state index is 11.1. The molecule has 0 heterocycles. The fraction of sp³-hybridized carbons (Fsp3) is 0.533. The lowest BCUT2D eigenvalue weighted by molar-refractivity contribution is -0.143. The van der Waals surface area contributed by atoms with Crippen LogP contribution in [0.15, 0.2) is 24.3 Å². The van der Waals surface area contributed by atoms with Crippen LogP contribution >= 0.6 is 0 Å². The Kier molecular flexibility index (Phi) is 4.17. The van der Waals surface area contributed by atoms with E-state index in [1.807, 2.05) is 12.1 Å². The summed E-state index contributed by atoms with van der Waals surface area (Å²) >= 11 is 0. The van der Waals surface area contributed by atoms with Crippen LogP contribution in [0.1, 0.15) is 38.8 Å². The lowest BCUT2D eigenvalue weighted by Crippen LogP contribution is -2.50. The zero-order chi connectivity index (χ0) is 14.0. The number of carboxylic acid groups (broad SMARTS) is 1. The van der Waals surface area contributed by atoms with Crippen molar-refractivity contribution in [3.8, 4) is 0 Å². The van der Waals surface area contributed by atoms with Gasteiger partial charge in [0.05, 0.1) is 0 Å². The van der Waals surface area contributed by atoms with Gasteiger partial charge in [0.25, 0.3) is 0 Å². The molecule has 0 saturated heterocycles. The van der Waals surface area contributed by atoms with Crippen LogP contribution in [0.5, 0.6) is 0 Å². The first-order valence-electron chi connectivity index (χ1n) is 6.21. The number of carboxylic acids is 1. The summed E-state index contributed by atoms with van der Waals surface area (Å²) < 4.78 is 0. The van der Waals surface area contributed by atoms with Crippen molar-refractivity contribution >= 4 is 5.97 Å². The molecule has 0 spiro atoms. The zero-order valence-corrected chi connectivity index (χ0v) is 11.9. The molecule has 0 amide bonds. The second-order valence-corrected chi connectivity index (χ2v) is 5.98. The number of hydrogen-bond acceptors (Lipinski definition) is 2. The number of nitrogens with one attached hydrogen (secondary N) is 1. The molecule has 1 rings (SSSR count). The maximum atomic E-state index is 11.1. The Bertz CT molecular complexity index is 436. The average Bonchev–Trinajstić information content (AvgIpc) is 2.27. The molecule has 0 aliphatic carbocycles. The molecule has 100 valence electrons. The third-order valence-electron chi connectivity index (χ3n) is 3.38. The van der Waals surface area contributed by atoms with Crippen LogP contribution in [-0.4, -0.2) is 23.2 Å². The van der Waals surface area contributed by atoms with Crippen LogP contribution in [0.25, 0.3) is 0 Å². The van der Waals surface area contributed by atoms with E-state index in [0.29, 0.717) is 6.54 Å². The average molecular weight is 249 g/mol. The third kappa shape index (κ3) is 3.33. The highest BCUT2D eigenvalue weighted by Gasteiger charge is 2.30. The summed E-state index contributed by atoms with van der Waals surface area (Å²) in [4.78, 5) is 11.1. The molecule has 3 heteroatoms. The highest BCUT2D eigenvalue weighted by Crippen LogP contribution is 2.26. The predicted molar refractivity (Wildman–Crippen MR) is 73.9 cm³/mol.